The summed E-state index contributed by atoms with van der Waals surface area (Å²) in [6.45, 7) is 0. The van der Waals surface area contributed by atoms with Crippen LogP contribution in [0.5, 0.6) is 0 Å². The molecule has 0 saturated heterocycles. The molecule has 6 rings (SSSR count). The van der Waals surface area contributed by atoms with Crippen LogP contribution >= 0.6 is 22.7 Å². The maximum absolute atomic E-state index is 2.46. The third kappa shape index (κ3) is 2.25. The third-order valence-electron chi connectivity index (χ3n) is 6.42. The van der Waals surface area contributed by atoms with Crippen molar-refractivity contribution in [2.24, 2.45) is 5.92 Å². The van der Waals surface area contributed by atoms with Gasteiger partial charge in [-0.05, 0) is 58.2 Å². The monoisotopic (exact) mass is 374 g/mol. The van der Waals surface area contributed by atoms with Crippen molar-refractivity contribution in [1.82, 2.24) is 0 Å². The minimum Gasteiger partial charge on any atom is -0.143 e. The summed E-state index contributed by atoms with van der Waals surface area (Å²) < 4.78 is 2.98. The molecule has 0 nitrogen and oxygen atoms in total. The maximum Gasteiger partial charge on any atom is 0.0430 e. The molecule has 0 spiro atoms. The van der Waals surface area contributed by atoms with E-state index in [9.17, 15) is 0 Å². The lowest BCUT2D eigenvalue weighted by atomic mass is 9.79. The minimum atomic E-state index is 0.977. The highest BCUT2D eigenvalue weighted by atomic mass is 32.1. The lowest BCUT2D eigenvalue weighted by Crippen LogP contribution is -2.06. The Labute approximate surface area is 162 Å². The fourth-order valence-electron chi connectivity index (χ4n) is 5.02. The highest BCUT2D eigenvalue weighted by molar-refractivity contribution is 7.20. The predicted molar refractivity (Wildman–Crippen MR) is 117 cm³/mol. The van der Waals surface area contributed by atoms with Gasteiger partial charge in [-0.15, -0.1) is 22.7 Å². The van der Waals surface area contributed by atoms with Crippen LogP contribution in [-0.4, -0.2) is 0 Å². The van der Waals surface area contributed by atoms with Gasteiger partial charge in [-0.1, -0.05) is 56.4 Å². The van der Waals surface area contributed by atoms with Gasteiger partial charge in [0.05, 0.1) is 0 Å². The van der Waals surface area contributed by atoms with Gasteiger partial charge in [0.25, 0.3) is 0 Å². The van der Waals surface area contributed by atoms with Gasteiger partial charge in [0.2, 0.25) is 0 Å². The molecule has 130 valence electrons. The van der Waals surface area contributed by atoms with Gasteiger partial charge in [-0.2, -0.15) is 0 Å². The van der Waals surface area contributed by atoms with Crippen LogP contribution < -0.4 is 0 Å². The van der Waals surface area contributed by atoms with E-state index in [4.69, 9.17) is 0 Å². The Balaban J connectivity index is 1.36. The van der Waals surface area contributed by atoms with E-state index in [2.05, 4.69) is 53.1 Å². The van der Waals surface area contributed by atoms with Crippen LogP contribution in [0.1, 0.15) is 43.4 Å². The van der Waals surface area contributed by atoms with Crippen molar-refractivity contribution >= 4 is 42.8 Å². The Morgan fingerprint density at radius 2 is 1.58 bits per heavy atom. The molecule has 0 N–H and O–H groups in total. The molecular formula is C24H22S2. The van der Waals surface area contributed by atoms with E-state index in [1.165, 1.54) is 87.4 Å². The van der Waals surface area contributed by atoms with E-state index >= 15 is 0 Å². The van der Waals surface area contributed by atoms with Gasteiger partial charge in [0, 0.05) is 25.4 Å². The molecule has 2 aromatic carbocycles. The average molecular weight is 375 g/mol. The van der Waals surface area contributed by atoms with Gasteiger partial charge in [-0.25, -0.2) is 0 Å². The second-order valence-electron chi connectivity index (χ2n) is 7.99. The molecule has 1 saturated carbocycles. The van der Waals surface area contributed by atoms with Gasteiger partial charge in [0.15, 0.2) is 0 Å². The van der Waals surface area contributed by atoms with Crippen LogP contribution in [0.4, 0.5) is 0 Å². The zero-order chi connectivity index (χ0) is 17.1. The molecule has 1 fully saturated rings. The Hall–Kier alpha value is -1.64. The minimum absolute atomic E-state index is 0.977. The standard InChI is InChI=1S/C24H22S2/c1-2-4-15(5-3-1)6-9-18-14-17-8-11-20-21-19(22(20)24(17)26-18)10-7-16-12-13-25-23(16)21/h7-8,10-15H,1-6,9H2. The lowest BCUT2D eigenvalue weighted by Gasteiger charge is -2.25. The quantitative estimate of drug-likeness (QED) is 0.298. The molecule has 0 atom stereocenters. The molecule has 2 heterocycles. The Morgan fingerprint density at radius 1 is 0.808 bits per heavy atom. The second-order valence-corrected chi connectivity index (χ2v) is 10.0. The summed E-state index contributed by atoms with van der Waals surface area (Å²) in [5.41, 5.74) is 5.95. The van der Waals surface area contributed by atoms with Crippen molar-refractivity contribution in [3.05, 3.63) is 46.7 Å². The van der Waals surface area contributed by atoms with Gasteiger partial charge in [0.1, 0.15) is 0 Å². The van der Waals surface area contributed by atoms with E-state index < -0.39 is 0 Å². The zero-order valence-electron chi connectivity index (χ0n) is 14.9. The SMILES string of the molecule is c1cc2ccc3c(c2s1)-c1ccc2cc(CCC4CCCCC4)sc2c1-3. The van der Waals surface area contributed by atoms with Gasteiger partial charge >= 0.3 is 0 Å². The molecule has 2 aliphatic carbocycles. The van der Waals surface area contributed by atoms with Crippen molar-refractivity contribution in [1.29, 1.82) is 0 Å². The summed E-state index contributed by atoms with van der Waals surface area (Å²) in [5, 5.41) is 5.05. The number of aryl methyl sites for hydroxylation is 1. The second kappa shape index (κ2) is 5.94. The molecule has 2 heteroatoms. The summed E-state index contributed by atoms with van der Waals surface area (Å²) >= 11 is 3.93. The van der Waals surface area contributed by atoms with Gasteiger partial charge < -0.3 is 0 Å². The van der Waals surface area contributed by atoms with Crippen molar-refractivity contribution in [3.63, 3.8) is 0 Å². The molecular weight excluding hydrogens is 352 g/mol. The first kappa shape index (κ1) is 15.4. The van der Waals surface area contributed by atoms with E-state index in [1.54, 1.807) is 4.88 Å². The van der Waals surface area contributed by atoms with Crippen LogP contribution in [0, 0.1) is 5.92 Å². The predicted octanol–water partition coefficient (Wildman–Crippen LogP) is 8.28. The summed E-state index contributed by atoms with van der Waals surface area (Å²) in [5.74, 6) is 0.977. The zero-order valence-corrected chi connectivity index (χ0v) is 16.5. The third-order valence-corrected chi connectivity index (χ3v) is 8.60. The fourth-order valence-corrected chi connectivity index (χ4v) is 7.22. The van der Waals surface area contributed by atoms with Crippen LogP contribution in [0.25, 0.3) is 42.4 Å². The lowest BCUT2D eigenvalue weighted by molar-refractivity contribution is 0.340. The number of benzene rings is 2. The van der Waals surface area contributed by atoms with E-state index in [-0.39, 0.29) is 0 Å². The molecule has 26 heavy (non-hydrogen) atoms. The highest BCUT2D eigenvalue weighted by Gasteiger charge is 2.28. The van der Waals surface area contributed by atoms with Crippen LogP contribution in [0.15, 0.2) is 41.8 Å². The molecule has 0 aliphatic heterocycles. The first-order valence-electron chi connectivity index (χ1n) is 9.95. The molecule has 0 radical (unpaired) electrons. The van der Waals surface area contributed by atoms with Crippen LogP contribution in [-0.2, 0) is 6.42 Å². The highest BCUT2D eigenvalue weighted by Crippen LogP contribution is 2.55. The first-order chi connectivity index (χ1) is 12.9. The number of fused-ring (bicyclic) bond motifs is 8. The topological polar surface area (TPSA) is 0 Å². The van der Waals surface area contributed by atoms with E-state index in [0.29, 0.717) is 0 Å². The molecule has 0 unspecified atom stereocenters. The largest absolute Gasteiger partial charge is 0.143 e. The van der Waals surface area contributed by atoms with E-state index in [1.807, 2.05) is 11.3 Å². The Bertz CT molecular complexity index is 1120. The molecule has 0 amide bonds. The van der Waals surface area contributed by atoms with Crippen molar-refractivity contribution < 1.29 is 0 Å². The van der Waals surface area contributed by atoms with Crippen LogP contribution in [0.3, 0.4) is 0 Å². The smallest absolute Gasteiger partial charge is 0.0430 e. The number of thiophene rings is 2. The molecule has 2 aliphatic rings. The molecule has 4 aromatic rings. The van der Waals surface area contributed by atoms with Crippen molar-refractivity contribution in [2.45, 2.75) is 44.9 Å². The van der Waals surface area contributed by atoms with Crippen molar-refractivity contribution in [3.8, 4) is 22.3 Å². The van der Waals surface area contributed by atoms with E-state index in [0.717, 1.165) is 5.92 Å². The molecule has 0 bridgehead atoms. The summed E-state index contributed by atoms with van der Waals surface area (Å²) in [6.07, 6.45) is 9.96. The summed E-state index contributed by atoms with van der Waals surface area (Å²) in [4.78, 5) is 1.59. The van der Waals surface area contributed by atoms with Crippen molar-refractivity contribution in [2.75, 3.05) is 0 Å². The Morgan fingerprint density at radius 3 is 2.42 bits per heavy atom. The first-order valence-corrected chi connectivity index (χ1v) is 11.6. The number of hydrogen-bond donors (Lipinski definition) is 0. The number of rotatable bonds is 3. The van der Waals surface area contributed by atoms with Crippen LogP contribution in [0.2, 0.25) is 0 Å². The number of hydrogen-bond acceptors (Lipinski definition) is 2. The molecule has 2 aromatic heterocycles. The average Bonchev–Trinajstić information content (AvgIpc) is 3.28. The summed E-state index contributed by atoms with van der Waals surface area (Å²) in [6, 6.07) is 14.1. The normalized spacial score (nSPS) is 16.6. The fraction of sp³-hybridized carbons (Fsp3) is 0.333. The maximum atomic E-state index is 2.46. The summed E-state index contributed by atoms with van der Waals surface area (Å²) in [7, 11) is 0. The van der Waals surface area contributed by atoms with Gasteiger partial charge in [-0.3, -0.25) is 0 Å². The Kier molecular flexibility index (Phi) is 3.52.